The standard InChI is InChI=1S/C18H17Cl2NO3/c1-10-4-5-11(2)14(8-10)18(23)24-12(3)17(22)21-16-7-6-13(19)9-15(16)20/h4-9,12H,1-3H3,(H,21,22). The number of carbonyl (C=O) groups excluding carboxylic acids is 2. The summed E-state index contributed by atoms with van der Waals surface area (Å²) in [6, 6.07) is 10.2. The third kappa shape index (κ3) is 4.49. The van der Waals surface area contributed by atoms with E-state index in [9.17, 15) is 9.59 Å². The predicted octanol–water partition coefficient (Wildman–Crippen LogP) is 4.79. The van der Waals surface area contributed by atoms with E-state index in [0.29, 0.717) is 21.3 Å². The van der Waals surface area contributed by atoms with Crippen molar-refractivity contribution >= 4 is 40.8 Å². The second kappa shape index (κ2) is 7.69. The average molecular weight is 366 g/mol. The Kier molecular flexibility index (Phi) is 5.86. The number of hydrogen-bond acceptors (Lipinski definition) is 3. The zero-order valence-corrected chi connectivity index (χ0v) is 15.0. The molecule has 2 aromatic carbocycles. The van der Waals surface area contributed by atoms with E-state index in [1.807, 2.05) is 26.0 Å². The highest BCUT2D eigenvalue weighted by Crippen LogP contribution is 2.25. The lowest BCUT2D eigenvalue weighted by Crippen LogP contribution is -2.30. The van der Waals surface area contributed by atoms with Crippen LogP contribution in [0.1, 0.15) is 28.4 Å². The van der Waals surface area contributed by atoms with Crippen LogP contribution in [0, 0.1) is 13.8 Å². The van der Waals surface area contributed by atoms with Crippen LogP contribution in [0.4, 0.5) is 5.69 Å². The summed E-state index contributed by atoms with van der Waals surface area (Å²) in [5.41, 5.74) is 2.58. The van der Waals surface area contributed by atoms with Gasteiger partial charge in [-0.2, -0.15) is 0 Å². The van der Waals surface area contributed by atoms with E-state index in [1.54, 1.807) is 18.2 Å². The number of rotatable bonds is 4. The quantitative estimate of drug-likeness (QED) is 0.792. The Morgan fingerprint density at radius 3 is 2.46 bits per heavy atom. The first-order valence-corrected chi connectivity index (χ1v) is 8.07. The molecule has 6 heteroatoms. The Hall–Kier alpha value is -2.04. The molecule has 0 aliphatic carbocycles. The highest BCUT2D eigenvalue weighted by Gasteiger charge is 2.21. The van der Waals surface area contributed by atoms with Crippen molar-refractivity contribution in [3.8, 4) is 0 Å². The van der Waals surface area contributed by atoms with Gasteiger partial charge in [0.2, 0.25) is 0 Å². The van der Waals surface area contributed by atoms with Gasteiger partial charge in [0.25, 0.3) is 5.91 Å². The molecule has 0 saturated carbocycles. The Balaban J connectivity index is 2.05. The van der Waals surface area contributed by atoms with Gasteiger partial charge in [-0.3, -0.25) is 4.79 Å². The fourth-order valence-electron chi connectivity index (χ4n) is 2.06. The number of carbonyl (C=O) groups is 2. The van der Waals surface area contributed by atoms with E-state index in [-0.39, 0.29) is 0 Å². The van der Waals surface area contributed by atoms with Gasteiger partial charge in [0, 0.05) is 5.02 Å². The van der Waals surface area contributed by atoms with Crippen LogP contribution in [0.3, 0.4) is 0 Å². The zero-order valence-electron chi connectivity index (χ0n) is 13.5. The molecule has 0 radical (unpaired) electrons. The summed E-state index contributed by atoms with van der Waals surface area (Å²) in [5.74, 6) is -1.01. The van der Waals surface area contributed by atoms with Crippen LogP contribution in [0.2, 0.25) is 10.0 Å². The molecule has 1 atom stereocenters. The minimum Gasteiger partial charge on any atom is -0.449 e. The molecule has 1 amide bonds. The predicted molar refractivity (Wildman–Crippen MR) is 95.9 cm³/mol. The minimum absolute atomic E-state index is 0.309. The summed E-state index contributed by atoms with van der Waals surface area (Å²) in [6.07, 6.45) is -0.968. The molecule has 0 bridgehead atoms. The first-order chi connectivity index (χ1) is 11.3. The summed E-state index contributed by atoms with van der Waals surface area (Å²) < 4.78 is 5.25. The van der Waals surface area contributed by atoms with Crippen LogP contribution in [-0.2, 0) is 9.53 Å². The number of nitrogens with one attached hydrogen (secondary N) is 1. The molecule has 0 spiro atoms. The highest BCUT2D eigenvalue weighted by atomic mass is 35.5. The third-order valence-electron chi connectivity index (χ3n) is 3.46. The van der Waals surface area contributed by atoms with Crippen molar-refractivity contribution in [1.82, 2.24) is 0 Å². The van der Waals surface area contributed by atoms with Crippen LogP contribution in [0.25, 0.3) is 0 Å². The maximum absolute atomic E-state index is 12.3. The SMILES string of the molecule is Cc1ccc(C)c(C(=O)OC(C)C(=O)Nc2ccc(Cl)cc2Cl)c1. The number of amides is 1. The number of benzene rings is 2. The van der Waals surface area contributed by atoms with Crippen molar-refractivity contribution in [2.75, 3.05) is 5.32 Å². The first kappa shape index (κ1) is 18.3. The summed E-state index contributed by atoms with van der Waals surface area (Å²) >= 11 is 11.8. The van der Waals surface area contributed by atoms with E-state index in [1.165, 1.54) is 13.0 Å². The molecule has 0 saturated heterocycles. The van der Waals surface area contributed by atoms with Crippen LogP contribution in [0.5, 0.6) is 0 Å². The molecule has 1 unspecified atom stereocenters. The van der Waals surface area contributed by atoms with Crippen molar-refractivity contribution in [2.24, 2.45) is 0 Å². The fraction of sp³-hybridized carbons (Fsp3) is 0.222. The van der Waals surface area contributed by atoms with Crippen molar-refractivity contribution in [2.45, 2.75) is 26.9 Å². The van der Waals surface area contributed by atoms with Crippen molar-refractivity contribution < 1.29 is 14.3 Å². The molecule has 2 rings (SSSR count). The molecule has 4 nitrogen and oxygen atoms in total. The fourth-order valence-corrected chi connectivity index (χ4v) is 2.51. The summed E-state index contributed by atoms with van der Waals surface area (Å²) in [7, 11) is 0. The van der Waals surface area contributed by atoms with Gasteiger partial charge in [0.15, 0.2) is 6.10 Å². The lowest BCUT2D eigenvalue weighted by Gasteiger charge is -2.15. The van der Waals surface area contributed by atoms with Crippen LogP contribution in [-0.4, -0.2) is 18.0 Å². The van der Waals surface area contributed by atoms with Gasteiger partial charge in [-0.05, 0) is 50.6 Å². The Bertz CT molecular complexity index is 790. The molecule has 1 N–H and O–H groups in total. The van der Waals surface area contributed by atoms with E-state index < -0.39 is 18.0 Å². The summed E-state index contributed by atoms with van der Waals surface area (Å²) in [4.78, 5) is 24.4. The summed E-state index contributed by atoms with van der Waals surface area (Å²) in [5, 5.41) is 3.39. The Morgan fingerprint density at radius 1 is 1.08 bits per heavy atom. The Morgan fingerprint density at radius 2 is 1.79 bits per heavy atom. The molecule has 0 aliphatic heterocycles. The maximum Gasteiger partial charge on any atom is 0.339 e. The molecule has 24 heavy (non-hydrogen) atoms. The van der Waals surface area contributed by atoms with Gasteiger partial charge in [-0.1, -0.05) is 40.9 Å². The van der Waals surface area contributed by atoms with Crippen molar-refractivity contribution in [3.05, 3.63) is 63.1 Å². The molecule has 0 aromatic heterocycles. The molecular weight excluding hydrogens is 349 g/mol. The number of hydrogen-bond donors (Lipinski definition) is 1. The smallest absolute Gasteiger partial charge is 0.339 e. The minimum atomic E-state index is -0.968. The molecule has 0 heterocycles. The van der Waals surface area contributed by atoms with Gasteiger partial charge < -0.3 is 10.1 Å². The van der Waals surface area contributed by atoms with Gasteiger partial charge in [0.05, 0.1) is 16.3 Å². The second-order valence-corrected chi connectivity index (χ2v) is 6.32. The largest absolute Gasteiger partial charge is 0.449 e. The van der Waals surface area contributed by atoms with Crippen LogP contribution < -0.4 is 5.32 Å². The second-order valence-electron chi connectivity index (χ2n) is 5.48. The molecule has 2 aromatic rings. The molecule has 0 aliphatic rings. The highest BCUT2D eigenvalue weighted by molar-refractivity contribution is 6.36. The number of halogens is 2. The van der Waals surface area contributed by atoms with E-state index in [4.69, 9.17) is 27.9 Å². The third-order valence-corrected chi connectivity index (χ3v) is 4.00. The van der Waals surface area contributed by atoms with Crippen LogP contribution >= 0.6 is 23.2 Å². The molecule has 0 fully saturated rings. The Labute approximate surface area is 150 Å². The van der Waals surface area contributed by atoms with Gasteiger partial charge >= 0.3 is 5.97 Å². The zero-order chi connectivity index (χ0) is 17.9. The topological polar surface area (TPSA) is 55.4 Å². The van der Waals surface area contributed by atoms with Crippen molar-refractivity contribution in [1.29, 1.82) is 0 Å². The number of aryl methyl sites for hydroxylation is 2. The normalized spacial score (nSPS) is 11.7. The first-order valence-electron chi connectivity index (χ1n) is 7.32. The summed E-state index contributed by atoms with van der Waals surface area (Å²) in [6.45, 7) is 5.20. The number of anilines is 1. The maximum atomic E-state index is 12.3. The monoisotopic (exact) mass is 365 g/mol. The lowest BCUT2D eigenvalue weighted by atomic mass is 10.1. The van der Waals surface area contributed by atoms with Gasteiger partial charge in [-0.15, -0.1) is 0 Å². The molecular formula is C18H17Cl2NO3. The van der Waals surface area contributed by atoms with E-state index >= 15 is 0 Å². The van der Waals surface area contributed by atoms with Gasteiger partial charge in [-0.25, -0.2) is 4.79 Å². The molecule has 126 valence electrons. The average Bonchev–Trinajstić information content (AvgIpc) is 2.52. The van der Waals surface area contributed by atoms with E-state index in [2.05, 4.69) is 5.32 Å². The van der Waals surface area contributed by atoms with Crippen LogP contribution in [0.15, 0.2) is 36.4 Å². The lowest BCUT2D eigenvalue weighted by molar-refractivity contribution is -0.123. The van der Waals surface area contributed by atoms with E-state index in [0.717, 1.165) is 11.1 Å². The number of esters is 1. The number of ether oxygens (including phenoxy) is 1. The van der Waals surface area contributed by atoms with Crippen molar-refractivity contribution in [3.63, 3.8) is 0 Å². The van der Waals surface area contributed by atoms with Gasteiger partial charge in [0.1, 0.15) is 0 Å².